The lowest BCUT2D eigenvalue weighted by atomic mass is 9.82. The fourth-order valence-electron chi connectivity index (χ4n) is 2.74. The number of rotatable bonds is 2. The largest absolute Gasteiger partial charge is 0.450 e. The van der Waals surface area contributed by atoms with E-state index in [0.29, 0.717) is 19.4 Å². The van der Waals surface area contributed by atoms with Crippen molar-refractivity contribution in [3.05, 3.63) is 35.4 Å². The monoisotopic (exact) mass is 301 g/mol. The van der Waals surface area contributed by atoms with E-state index in [0.717, 1.165) is 24.0 Å². The molecule has 1 saturated carbocycles. The summed E-state index contributed by atoms with van der Waals surface area (Å²) in [4.78, 5) is 11.5. The first kappa shape index (κ1) is 16.4. The molecule has 1 aliphatic carbocycles. The van der Waals surface area contributed by atoms with Gasteiger partial charge in [-0.1, -0.05) is 24.0 Å². The molecule has 118 valence electrons. The number of benzene rings is 1. The summed E-state index contributed by atoms with van der Waals surface area (Å²) in [5.41, 5.74) is 0.991. The smallest absolute Gasteiger partial charge is 0.407 e. The minimum atomic E-state index is -1.05. The zero-order valence-corrected chi connectivity index (χ0v) is 13.2. The Morgan fingerprint density at radius 3 is 3.09 bits per heavy atom. The second-order valence-corrected chi connectivity index (χ2v) is 5.81. The Labute approximate surface area is 131 Å². The van der Waals surface area contributed by atoms with Crippen LogP contribution in [-0.2, 0) is 4.74 Å². The van der Waals surface area contributed by atoms with Crippen LogP contribution in [-0.4, -0.2) is 29.4 Å². The normalized spacial score (nSPS) is 24.0. The molecule has 1 aromatic rings. The Hall–Kier alpha value is -1.99. The molecule has 4 heteroatoms. The molecule has 0 saturated heterocycles. The van der Waals surface area contributed by atoms with Gasteiger partial charge in [0, 0.05) is 18.0 Å². The Balaban J connectivity index is 2.02. The molecule has 0 heterocycles. The quantitative estimate of drug-likeness (QED) is 0.826. The molecular weight excluding hydrogens is 278 g/mol. The van der Waals surface area contributed by atoms with Gasteiger partial charge in [-0.25, -0.2) is 4.79 Å². The van der Waals surface area contributed by atoms with Gasteiger partial charge in [0.2, 0.25) is 0 Å². The van der Waals surface area contributed by atoms with Crippen molar-refractivity contribution < 1.29 is 14.6 Å². The molecule has 2 rings (SSSR count). The van der Waals surface area contributed by atoms with Crippen LogP contribution < -0.4 is 5.32 Å². The van der Waals surface area contributed by atoms with Crippen molar-refractivity contribution >= 4 is 6.09 Å². The highest BCUT2D eigenvalue weighted by atomic mass is 16.5. The van der Waals surface area contributed by atoms with Crippen LogP contribution in [0.2, 0.25) is 0 Å². The van der Waals surface area contributed by atoms with Gasteiger partial charge in [0.1, 0.15) is 5.60 Å². The van der Waals surface area contributed by atoms with Crippen molar-refractivity contribution in [3.63, 3.8) is 0 Å². The number of nitrogens with one attached hydrogen (secondary N) is 1. The van der Waals surface area contributed by atoms with Gasteiger partial charge in [-0.15, -0.1) is 0 Å². The van der Waals surface area contributed by atoms with Gasteiger partial charge in [0.15, 0.2) is 0 Å². The van der Waals surface area contributed by atoms with Crippen LogP contribution in [0.5, 0.6) is 0 Å². The van der Waals surface area contributed by atoms with Crippen LogP contribution in [0.25, 0.3) is 0 Å². The van der Waals surface area contributed by atoms with Crippen LogP contribution in [0, 0.1) is 18.8 Å². The first-order valence-corrected chi connectivity index (χ1v) is 7.76. The number of hydrogen-bond donors (Lipinski definition) is 2. The summed E-state index contributed by atoms with van der Waals surface area (Å²) < 4.78 is 4.89. The van der Waals surface area contributed by atoms with Crippen molar-refractivity contribution in [2.75, 3.05) is 6.61 Å². The van der Waals surface area contributed by atoms with Crippen molar-refractivity contribution in [1.82, 2.24) is 5.32 Å². The third-order valence-corrected chi connectivity index (χ3v) is 3.78. The molecule has 22 heavy (non-hydrogen) atoms. The molecule has 1 aromatic carbocycles. The molecule has 4 nitrogen and oxygen atoms in total. The number of ether oxygens (including phenoxy) is 1. The Bertz CT molecular complexity index is 587. The van der Waals surface area contributed by atoms with E-state index in [1.54, 1.807) is 6.92 Å². The van der Waals surface area contributed by atoms with Crippen molar-refractivity contribution in [2.45, 2.75) is 51.2 Å². The fourth-order valence-corrected chi connectivity index (χ4v) is 2.74. The Morgan fingerprint density at radius 1 is 1.55 bits per heavy atom. The fraction of sp³-hybridized carbons (Fsp3) is 0.500. The van der Waals surface area contributed by atoms with E-state index in [1.807, 2.05) is 31.2 Å². The minimum Gasteiger partial charge on any atom is -0.450 e. The topological polar surface area (TPSA) is 58.6 Å². The molecule has 0 bridgehead atoms. The second-order valence-electron chi connectivity index (χ2n) is 5.81. The highest BCUT2D eigenvalue weighted by Crippen LogP contribution is 2.28. The summed E-state index contributed by atoms with van der Waals surface area (Å²) in [5.74, 6) is 6.04. The lowest BCUT2D eigenvalue weighted by Crippen LogP contribution is -2.45. The van der Waals surface area contributed by atoms with Gasteiger partial charge < -0.3 is 15.2 Å². The van der Waals surface area contributed by atoms with Gasteiger partial charge >= 0.3 is 6.09 Å². The maximum Gasteiger partial charge on any atom is 0.407 e. The van der Waals surface area contributed by atoms with E-state index in [4.69, 9.17) is 4.74 Å². The number of aryl methyl sites for hydroxylation is 1. The molecule has 1 fully saturated rings. The van der Waals surface area contributed by atoms with Crippen LogP contribution in [0.1, 0.15) is 43.7 Å². The minimum absolute atomic E-state index is 0.0930. The maximum absolute atomic E-state index is 11.5. The summed E-state index contributed by atoms with van der Waals surface area (Å²) in [6.45, 7) is 4.12. The summed E-state index contributed by atoms with van der Waals surface area (Å²) in [5, 5.41) is 13.4. The molecule has 2 atom stereocenters. The zero-order chi connectivity index (χ0) is 16.0. The third kappa shape index (κ3) is 4.78. The molecule has 0 aromatic heterocycles. The molecular formula is C18H23NO3. The second kappa shape index (κ2) is 7.33. The number of alkyl carbamates (subject to hydrolysis) is 1. The number of aliphatic hydroxyl groups is 1. The average molecular weight is 301 g/mol. The molecule has 0 spiro atoms. The van der Waals surface area contributed by atoms with E-state index in [2.05, 4.69) is 17.2 Å². The van der Waals surface area contributed by atoms with E-state index >= 15 is 0 Å². The Kier molecular flexibility index (Phi) is 5.46. The van der Waals surface area contributed by atoms with E-state index in [-0.39, 0.29) is 6.04 Å². The summed E-state index contributed by atoms with van der Waals surface area (Å²) in [6.07, 6.45) is 2.31. The maximum atomic E-state index is 11.5. The number of hydrogen-bond acceptors (Lipinski definition) is 3. The van der Waals surface area contributed by atoms with Crippen LogP contribution in [0.15, 0.2) is 24.3 Å². The van der Waals surface area contributed by atoms with Crippen molar-refractivity contribution in [1.29, 1.82) is 0 Å². The first-order chi connectivity index (χ1) is 10.5. The van der Waals surface area contributed by atoms with Crippen LogP contribution >= 0.6 is 0 Å². The van der Waals surface area contributed by atoms with Gasteiger partial charge in [-0.05, 0) is 50.8 Å². The van der Waals surface area contributed by atoms with Crippen LogP contribution in [0.3, 0.4) is 0 Å². The predicted molar refractivity (Wildman–Crippen MR) is 85.4 cm³/mol. The van der Waals surface area contributed by atoms with Crippen molar-refractivity contribution in [2.24, 2.45) is 0 Å². The SMILES string of the molecule is CCOC(=O)N[C@H]1CCC[C@](O)(C#Cc2cccc(C)c2)C1. The van der Waals surface area contributed by atoms with Gasteiger partial charge in [-0.3, -0.25) is 0 Å². The summed E-state index contributed by atoms with van der Waals surface area (Å²) in [6, 6.07) is 7.80. The number of carbonyl (C=O) groups is 1. The van der Waals surface area contributed by atoms with E-state index < -0.39 is 11.7 Å². The lowest BCUT2D eigenvalue weighted by molar-refractivity contribution is 0.0455. The molecule has 2 N–H and O–H groups in total. The summed E-state index contributed by atoms with van der Waals surface area (Å²) in [7, 11) is 0. The molecule has 0 radical (unpaired) electrons. The standard InChI is InChI=1S/C18H23NO3/c1-3-22-17(20)19-16-8-5-10-18(21,13-16)11-9-15-7-4-6-14(2)12-15/h4,6-7,12,16,21H,3,5,8,10,13H2,1-2H3,(H,19,20)/t16-,18-/m0/s1. The van der Waals surface area contributed by atoms with Gasteiger partial charge in [0.05, 0.1) is 6.61 Å². The molecule has 1 aliphatic rings. The number of amides is 1. The highest BCUT2D eigenvalue weighted by Gasteiger charge is 2.33. The molecule has 0 unspecified atom stereocenters. The number of carbonyl (C=O) groups excluding carboxylic acids is 1. The van der Waals surface area contributed by atoms with Crippen LogP contribution in [0.4, 0.5) is 4.79 Å². The highest BCUT2D eigenvalue weighted by molar-refractivity contribution is 5.67. The molecule has 0 aliphatic heterocycles. The van der Waals surface area contributed by atoms with E-state index in [1.165, 1.54) is 0 Å². The third-order valence-electron chi connectivity index (χ3n) is 3.78. The average Bonchev–Trinajstić information content (AvgIpc) is 2.46. The van der Waals surface area contributed by atoms with E-state index in [9.17, 15) is 9.90 Å². The lowest BCUT2D eigenvalue weighted by Gasteiger charge is -2.33. The van der Waals surface area contributed by atoms with Gasteiger partial charge in [-0.2, -0.15) is 0 Å². The van der Waals surface area contributed by atoms with Gasteiger partial charge in [0.25, 0.3) is 0 Å². The van der Waals surface area contributed by atoms with Crippen molar-refractivity contribution in [3.8, 4) is 11.8 Å². The molecule has 1 amide bonds. The predicted octanol–water partition coefficient (Wildman–Crippen LogP) is 2.77. The summed E-state index contributed by atoms with van der Waals surface area (Å²) >= 11 is 0. The zero-order valence-electron chi connectivity index (χ0n) is 13.2. The Morgan fingerprint density at radius 2 is 2.36 bits per heavy atom. The first-order valence-electron chi connectivity index (χ1n) is 7.76.